The molecule has 0 saturated carbocycles. The summed E-state index contributed by atoms with van der Waals surface area (Å²) in [6.45, 7) is 3.75. The smallest absolute Gasteiger partial charge is 0.156 e. The molecule has 4 nitrogen and oxygen atoms in total. The van der Waals surface area contributed by atoms with Crippen LogP contribution in [0.4, 0.5) is 4.39 Å². The molecule has 1 aromatic rings. The Morgan fingerprint density at radius 1 is 1.53 bits per heavy atom. The normalized spacial score (nSPS) is 15.6. The van der Waals surface area contributed by atoms with E-state index in [-0.39, 0.29) is 23.7 Å². The Labute approximate surface area is 100 Å². The van der Waals surface area contributed by atoms with Gasteiger partial charge in [0.25, 0.3) is 0 Å². The van der Waals surface area contributed by atoms with Gasteiger partial charge in [0.15, 0.2) is 5.84 Å². The van der Waals surface area contributed by atoms with Crippen molar-refractivity contribution >= 4 is 5.84 Å². The summed E-state index contributed by atoms with van der Waals surface area (Å²) in [6.07, 6.45) is 0.661. The number of hydrogen-bond acceptors (Lipinski definition) is 3. The summed E-state index contributed by atoms with van der Waals surface area (Å²) in [5, 5.41) is 14.7. The lowest BCUT2D eigenvalue weighted by Crippen LogP contribution is -2.42. The molecular weight excluding hydrogens is 221 g/mol. The summed E-state index contributed by atoms with van der Waals surface area (Å²) in [6, 6.07) is 6.08. The molecule has 0 aromatic heterocycles. The third-order valence-corrected chi connectivity index (χ3v) is 2.70. The fraction of sp³-hybridized carbons (Fsp3) is 0.417. The molecule has 0 spiro atoms. The lowest BCUT2D eigenvalue weighted by Gasteiger charge is -2.21. The van der Waals surface area contributed by atoms with E-state index in [0.29, 0.717) is 12.0 Å². The van der Waals surface area contributed by atoms with Crippen molar-refractivity contribution in [3.05, 3.63) is 35.6 Å². The third kappa shape index (κ3) is 3.42. The van der Waals surface area contributed by atoms with E-state index >= 15 is 0 Å². The molecule has 2 atom stereocenters. The Morgan fingerprint density at radius 2 is 2.18 bits per heavy atom. The quantitative estimate of drug-likeness (QED) is 0.318. The predicted molar refractivity (Wildman–Crippen MR) is 65.4 cm³/mol. The minimum Gasteiger partial charge on any atom is -0.409 e. The van der Waals surface area contributed by atoms with Crippen LogP contribution in [0.5, 0.6) is 0 Å². The molecule has 0 aliphatic rings. The Bertz CT molecular complexity index is 395. The molecule has 0 amide bonds. The van der Waals surface area contributed by atoms with Gasteiger partial charge in [0.2, 0.25) is 0 Å². The monoisotopic (exact) mass is 239 g/mol. The average molecular weight is 239 g/mol. The Hall–Kier alpha value is -1.62. The van der Waals surface area contributed by atoms with Crippen LogP contribution in [0.3, 0.4) is 0 Å². The van der Waals surface area contributed by atoms with Gasteiger partial charge >= 0.3 is 0 Å². The number of amidine groups is 1. The van der Waals surface area contributed by atoms with Crippen molar-refractivity contribution in [1.29, 1.82) is 0 Å². The number of nitrogens with two attached hydrogens (primary N) is 1. The number of oxime groups is 1. The zero-order valence-electron chi connectivity index (χ0n) is 10.0. The molecule has 5 heteroatoms. The first kappa shape index (κ1) is 13.4. The lowest BCUT2D eigenvalue weighted by atomic mass is 10.1. The molecule has 0 fully saturated rings. The van der Waals surface area contributed by atoms with E-state index < -0.39 is 0 Å². The van der Waals surface area contributed by atoms with Crippen LogP contribution in [-0.4, -0.2) is 17.1 Å². The van der Waals surface area contributed by atoms with Crippen molar-refractivity contribution in [3.63, 3.8) is 0 Å². The number of benzene rings is 1. The van der Waals surface area contributed by atoms with Crippen LogP contribution in [-0.2, 0) is 0 Å². The summed E-state index contributed by atoms with van der Waals surface area (Å²) in [5.74, 6) is -0.155. The zero-order valence-corrected chi connectivity index (χ0v) is 10.0. The number of hydrogen-bond donors (Lipinski definition) is 3. The highest BCUT2D eigenvalue weighted by atomic mass is 19.1. The largest absolute Gasteiger partial charge is 0.409 e. The second kappa shape index (κ2) is 6.20. The van der Waals surface area contributed by atoms with Gasteiger partial charge in [-0.05, 0) is 19.4 Å². The van der Waals surface area contributed by atoms with Crippen LogP contribution >= 0.6 is 0 Å². The van der Waals surface area contributed by atoms with Crippen LogP contribution in [0.2, 0.25) is 0 Å². The van der Waals surface area contributed by atoms with Gasteiger partial charge < -0.3 is 16.3 Å². The Morgan fingerprint density at radius 3 is 2.71 bits per heavy atom. The maximum Gasteiger partial charge on any atom is 0.156 e. The Balaban J connectivity index is 2.78. The zero-order chi connectivity index (χ0) is 12.8. The number of rotatable bonds is 5. The van der Waals surface area contributed by atoms with Gasteiger partial charge in [-0.1, -0.05) is 30.3 Å². The highest BCUT2D eigenvalue weighted by Crippen LogP contribution is 2.17. The van der Waals surface area contributed by atoms with E-state index in [2.05, 4.69) is 10.5 Å². The first-order valence-corrected chi connectivity index (χ1v) is 5.58. The van der Waals surface area contributed by atoms with Crippen molar-refractivity contribution in [2.45, 2.75) is 32.4 Å². The molecule has 0 bridgehead atoms. The summed E-state index contributed by atoms with van der Waals surface area (Å²) >= 11 is 0. The summed E-state index contributed by atoms with van der Waals surface area (Å²) in [4.78, 5) is 0. The van der Waals surface area contributed by atoms with Gasteiger partial charge in [-0.25, -0.2) is 4.39 Å². The van der Waals surface area contributed by atoms with Crippen LogP contribution in [0, 0.1) is 5.82 Å². The first-order valence-electron chi connectivity index (χ1n) is 5.58. The maximum atomic E-state index is 13.5. The fourth-order valence-electron chi connectivity index (χ4n) is 1.70. The second-order valence-electron chi connectivity index (χ2n) is 3.90. The summed E-state index contributed by atoms with van der Waals surface area (Å²) in [5.41, 5.74) is 6.10. The minimum absolute atomic E-state index is 0.107. The predicted octanol–water partition coefficient (Wildman–Crippen LogP) is 2.00. The van der Waals surface area contributed by atoms with Gasteiger partial charge in [0.05, 0.1) is 6.04 Å². The molecule has 4 N–H and O–H groups in total. The average Bonchev–Trinajstić information content (AvgIpc) is 2.35. The number of nitrogens with one attached hydrogen (secondary N) is 1. The molecule has 0 saturated heterocycles. The summed E-state index contributed by atoms with van der Waals surface area (Å²) < 4.78 is 13.5. The van der Waals surface area contributed by atoms with Crippen LogP contribution in [0.25, 0.3) is 0 Å². The van der Waals surface area contributed by atoms with Crippen molar-refractivity contribution in [2.75, 3.05) is 0 Å². The molecule has 17 heavy (non-hydrogen) atoms. The van der Waals surface area contributed by atoms with Gasteiger partial charge in [0, 0.05) is 11.6 Å². The molecule has 1 aromatic carbocycles. The van der Waals surface area contributed by atoms with Crippen molar-refractivity contribution in [2.24, 2.45) is 10.9 Å². The molecule has 94 valence electrons. The molecule has 0 aliphatic heterocycles. The van der Waals surface area contributed by atoms with E-state index in [4.69, 9.17) is 10.9 Å². The molecule has 0 heterocycles. The molecular formula is C12H18FN3O. The van der Waals surface area contributed by atoms with E-state index in [1.165, 1.54) is 6.07 Å². The van der Waals surface area contributed by atoms with Gasteiger partial charge in [-0.15, -0.1) is 0 Å². The van der Waals surface area contributed by atoms with Gasteiger partial charge in [0.1, 0.15) is 5.82 Å². The molecule has 2 unspecified atom stereocenters. The van der Waals surface area contributed by atoms with Gasteiger partial charge in [-0.2, -0.15) is 0 Å². The minimum atomic E-state index is -0.269. The van der Waals surface area contributed by atoms with E-state index in [1.807, 2.05) is 13.8 Å². The number of halogens is 1. The van der Waals surface area contributed by atoms with E-state index in [0.717, 1.165) is 0 Å². The highest BCUT2D eigenvalue weighted by molar-refractivity contribution is 5.85. The lowest BCUT2D eigenvalue weighted by molar-refractivity contribution is 0.313. The van der Waals surface area contributed by atoms with Crippen LogP contribution in [0.1, 0.15) is 31.9 Å². The van der Waals surface area contributed by atoms with Crippen molar-refractivity contribution in [1.82, 2.24) is 5.32 Å². The highest BCUT2D eigenvalue weighted by Gasteiger charge is 2.17. The van der Waals surface area contributed by atoms with Crippen LogP contribution < -0.4 is 11.1 Å². The SMILES string of the molecule is CCC(NC(C)c1ccccc1F)C(N)=NO. The molecule has 0 radical (unpaired) electrons. The standard InChI is InChI=1S/C12H18FN3O/c1-3-11(12(14)16-17)15-8(2)9-6-4-5-7-10(9)13/h4-8,11,15,17H,3H2,1-2H3,(H2,14,16). The maximum absolute atomic E-state index is 13.5. The molecule has 1 rings (SSSR count). The third-order valence-electron chi connectivity index (χ3n) is 2.70. The van der Waals surface area contributed by atoms with Crippen molar-refractivity contribution < 1.29 is 9.60 Å². The summed E-state index contributed by atoms with van der Waals surface area (Å²) in [7, 11) is 0. The molecule has 0 aliphatic carbocycles. The van der Waals surface area contributed by atoms with Crippen molar-refractivity contribution in [3.8, 4) is 0 Å². The fourth-order valence-corrected chi connectivity index (χ4v) is 1.70. The van der Waals surface area contributed by atoms with Gasteiger partial charge in [-0.3, -0.25) is 0 Å². The van der Waals surface area contributed by atoms with Crippen LogP contribution in [0.15, 0.2) is 29.4 Å². The first-order chi connectivity index (χ1) is 8.10. The Kier molecular flexibility index (Phi) is 4.90. The number of nitrogens with zero attached hydrogens (tertiary/aromatic N) is 1. The topological polar surface area (TPSA) is 70.6 Å². The van der Waals surface area contributed by atoms with E-state index in [9.17, 15) is 4.39 Å². The van der Waals surface area contributed by atoms with E-state index in [1.54, 1.807) is 18.2 Å². The second-order valence-corrected chi connectivity index (χ2v) is 3.90.